The smallest absolute Gasteiger partial charge is 0.305 e. The Morgan fingerprint density at radius 1 is 1.47 bits per heavy atom. The Morgan fingerprint density at radius 2 is 2.06 bits per heavy atom. The molecule has 4 N–H and O–H groups in total. The number of nitrogens with one attached hydrogen (secondary N) is 1. The first-order valence-electron chi connectivity index (χ1n) is 5.72. The van der Waals surface area contributed by atoms with Gasteiger partial charge in [-0.15, -0.1) is 12.3 Å². The molecule has 1 fully saturated rings. The van der Waals surface area contributed by atoms with Gasteiger partial charge in [0.1, 0.15) is 0 Å². The molecule has 1 aliphatic carbocycles. The third-order valence-corrected chi connectivity index (χ3v) is 3.11. The van der Waals surface area contributed by atoms with Crippen LogP contribution in [0.4, 0.5) is 0 Å². The van der Waals surface area contributed by atoms with Crippen molar-refractivity contribution >= 4 is 11.9 Å². The zero-order chi connectivity index (χ0) is 12.9. The number of terminal acetylenes is 1. The molecule has 1 unspecified atom stereocenters. The third kappa shape index (κ3) is 3.75. The van der Waals surface area contributed by atoms with Crippen LogP contribution in [0, 0.1) is 12.3 Å². The van der Waals surface area contributed by atoms with Gasteiger partial charge in [-0.05, 0) is 12.8 Å². The van der Waals surface area contributed by atoms with E-state index in [0.717, 1.165) is 12.8 Å². The van der Waals surface area contributed by atoms with Gasteiger partial charge in [0, 0.05) is 6.42 Å². The molecule has 0 aromatic carbocycles. The Morgan fingerprint density at radius 3 is 2.53 bits per heavy atom. The van der Waals surface area contributed by atoms with E-state index in [-0.39, 0.29) is 18.7 Å². The van der Waals surface area contributed by atoms with E-state index in [1.807, 2.05) is 0 Å². The molecule has 0 aromatic heterocycles. The van der Waals surface area contributed by atoms with E-state index in [9.17, 15) is 9.59 Å². The lowest BCUT2D eigenvalue weighted by atomic mass is 9.92. The summed E-state index contributed by atoms with van der Waals surface area (Å²) in [6.45, 7) is 0. The molecule has 0 bridgehead atoms. The summed E-state index contributed by atoms with van der Waals surface area (Å²) in [7, 11) is 0. The molecule has 1 atom stereocenters. The standard InChI is InChI=1S/C12H18N2O3/c1-2-5-9(13)11(17)14-12(8-10(15)16)6-3-4-7-12/h1,9H,3-8,13H2,(H,14,17)(H,15,16). The minimum atomic E-state index is -0.905. The van der Waals surface area contributed by atoms with Crippen molar-refractivity contribution in [3.63, 3.8) is 0 Å². The maximum atomic E-state index is 11.8. The van der Waals surface area contributed by atoms with Crippen LogP contribution >= 0.6 is 0 Å². The van der Waals surface area contributed by atoms with Crippen LogP contribution in [-0.2, 0) is 9.59 Å². The van der Waals surface area contributed by atoms with Gasteiger partial charge in [-0.3, -0.25) is 9.59 Å². The van der Waals surface area contributed by atoms with E-state index in [0.29, 0.717) is 12.8 Å². The molecule has 5 nitrogen and oxygen atoms in total. The lowest BCUT2D eigenvalue weighted by Crippen LogP contribution is -2.53. The maximum absolute atomic E-state index is 11.8. The molecule has 1 saturated carbocycles. The van der Waals surface area contributed by atoms with E-state index in [1.165, 1.54) is 0 Å². The molecule has 0 saturated heterocycles. The summed E-state index contributed by atoms with van der Waals surface area (Å²) in [6.07, 6.45) is 8.43. The molecule has 0 aromatic rings. The Balaban J connectivity index is 2.64. The first-order valence-corrected chi connectivity index (χ1v) is 5.72. The molecule has 0 radical (unpaired) electrons. The van der Waals surface area contributed by atoms with Gasteiger partial charge in [0.2, 0.25) is 5.91 Å². The SMILES string of the molecule is C#CCC(N)C(=O)NC1(CC(=O)O)CCCC1. The van der Waals surface area contributed by atoms with Crippen molar-refractivity contribution < 1.29 is 14.7 Å². The zero-order valence-electron chi connectivity index (χ0n) is 9.74. The van der Waals surface area contributed by atoms with Crippen LogP contribution < -0.4 is 11.1 Å². The van der Waals surface area contributed by atoms with E-state index >= 15 is 0 Å². The number of carboxylic acid groups (broad SMARTS) is 1. The monoisotopic (exact) mass is 238 g/mol. The fourth-order valence-corrected chi connectivity index (χ4v) is 2.26. The molecule has 5 heteroatoms. The number of hydrogen-bond donors (Lipinski definition) is 3. The molecular weight excluding hydrogens is 220 g/mol. The number of carbonyl (C=O) groups excluding carboxylic acids is 1. The highest BCUT2D eigenvalue weighted by Gasteiger charge is 2.38. The van der Waals surface area contributed by atoms with Crippen molar-refractivity contribution in [2.45, 2.75) is 50.1 Å². The van der Waals surface area contributed by atoms with E-state index < -0.39 is 17.6 Å². The van der Waals surface area contributed by atoms with Crippen molar-refractivity contribution in [1.29, 1.82) is 0 Å². The average Bonchev–Trinajstić information content (AvgIpc) is 2.65. The topological polar surface area (TPSA) is 92.4 Å². The van der Waals surface area contributed by atoms with Gasteiger partial charge in [-0.2, -0.15) is 0 Å². The number of rotatable bonds is 5. The number of amides is 1. The van der Waals surface area contributed by atoms with Crippen LogP contribution in [-0.4, -0.2) is 28.6 Å². The van der Waals surface area contributed by atoms with E-state index in [4.69, 9.17) is 17.3 Å². The van der Waals surface area contributed by atoms with E-state index in [1.54, 1.807) is 0 Å². The Labute approximate surface area is 101 Å². The molecule has 17 heavy (non-hydrogen) atoms. The number of aliphatic carboxylic acids is 1. The zero-order valence-corrected chi connectivity index (χ0v) is 9.74. The lowest BCUT2D eigenvalue weighted by molar-refractivity contribution is -0.139. The number of hydrogen-bond acceptors (Lipinski definition) is 3. The fraction of sp³-hybridized carbons (Fsp3) is 0.667. The molecular formula is C12H18N2O3. The second-order valence-corrected chi connectivity index (χ2v) is 4.56. The summed E-state index contributed by atoms with van der Waals surface area (Å²) >= 11 is 0. The summed E-state index contributed by atoms with van der Waals surface area (Å²) in [5, 5.41) is 11.6. The highest BCUT2D eigenvalue weighted by Crippen LogP contribution is 2.32. The summed E-state index contributed by atoms with van der Waals surface area (Å²) in [6, 6.07) is -0.758. The van der Waals surface area contributed by atoms with Crippen LogP contribution in [0.2, 0.25) is 0 Å². The number of nitrogens with two attached hydrogens (primary N) is 1. The molecule has 1 aliphatic rings. The third-order valence-electron chi connectivity index (χ3n) is 3.11. The summed E-state index contributed by atoms with van der Waals surface area (Å²) in [5.41, 5.74) is 4.96. The van der Waals surface area contributed by atoms with Crippen LogP contribution in [0.3, 0.4) is 0 Å². The van der Waals surface area contributed by atoms with Crippen LogP contribution in [0.1, 0.15) is 38.5 Å². The van der Waals surface area contributed by atoms with Crippen LogP contribution in [0.25, 0.3) is 0 Å². The van der Waals surface area contributed by atoms with Gasteiger partial charge in [-0.1, -0.05) is 12.8 Å². The maximum Gasteiger partial charge on any atom is 0.305 e. The van der Waals surface area contributed by atoms with Crippen molar-refractivity contribution in [2.24, 2.45) is 5.73 Å². The van der Waals surface area contributed by atoms with Gasteiger partial charge in [-0.25, -0.2) is 0 Å². The van der Waals surface area contributed by atoms with Crippen molar-refractivity contribution in [2.75, 3.05) is 0 Å². The summed E-state index contributed by atoms with van der Waals surface area (Å²) in [4.78, 5) is 22.6. The summed E-state index contributed by atoms with van der Waals surface area (Å²) in [5.74, 6) is 1.06. The number of carboxylic acids is 1. The Kier molecular flexibility index (Phi) is 4.53. The normalized spacial score (nSPS) is 19.3. The molecule has 0 spiro atoms. The van der Waals surface area contributed by atoms with Crippen molar-refractivity contribution in [3.05, 3.63) is 0 Å². The predicted molar refractivity (Wildman–Crippen MR) is 63.0 cm³/mol. The van der Waals surface area contributed by atoms with Crippen molar-refractivity contribution in [1.82, 2.24) is 5.32 Å². The van der Waals surface area contributed by atoms with E-state index in [2.05, 4.69) is 11.2 Å². The van der Waals surface area contributed by atoms with Gasteiger partial charge in [0.05, 0.1) is 18.0 Å². The largest absolute Gasteiger partial charge is 0.481 e. The minimum Gasteiger partial charge on any atom is -0.481 e. The van der Waals surface area contributed by atoms with Crippen LogP contribution in [0.15, 0.2) is 0 Å². The highest BCUT2D eigenvalue weighted by molar-refractivity contribution is 5.83. The second kappa shape index (κ2) is 5.69. The first kappa shape index (κ1) is 13.5. The Hall–Kier alpha value is -1.54. The van der Waals surface area contributed by atoms with Gasteiger partial charge >= 0.3 is 5.97 Å². The lowest BCUT2D eigenvalue weighted by Gasteiger charge is -2.29. The van der Waals surface area contributed by atoms with Crippen LogP contribution in [0.5, 0.6) is 0 Å². The minimum absolute atomic E-state index is 0.0541. The second-order valence-electron chi connectivity index (χ2n) is 4.56. The van der Waals surface area contributed by atoms with Crippen molar-refractivity contribution in [3.8, 4) is 12.3 Å². The number of carbonyl (C=O) groups is 2. The molecule has 0 heterocycles. The highest BCUT2D eigenvalue weighted by atomic mass is 16.4. The van der Waals surface area contributed by atoms with Gasteiger partial charge < -0.3 is 16.2 Å². The molecule has 1 amide bonds. The molecule has 1 rings (SSSR count). The Bertz CT molecular complexity index is 340. The molecule has 0 aliphatic heterocycles. The molecule has 94 valence electrons. The predicted octanol–water partition coefficient (Wildman–Crippen LogP) is 0.241. The fourth-order valence-electron chi connectivity index (χ4n) is 2.26. The average molecular weight is 238 g/mol. The van der Waals surface area contributed by atoms with Gasteiger partial charge in [0.25, 0.3) is 0 Å². The van der Waals surface area contributed by atoms with Gasteiger partial charge in [0.15, 0.2) is 0 Å². The summed E-state index contributed by atoms with van der Waals surface area (Å²) < 4.78 is 0. The first-order chi connectivity index (χ1) is 7.99. The quantitative estimate of drug-likeness (QED) is 0.598.